The van der Waals surface area contributed by atoms with E-state index in [1.54, 1.807) is 12.1 Å². The Hall–Kier alpha value is -3.42. The van der Waals surface area contributed by atoms with Crippen LogP contribution in [0.5, 0.6) is 0 Å². The molecule has 11 nitrogen and oxygen atoms in total. The Kier molecular flexibility index (Phi) is 6.81. The van der Waals surface area contributed by atoms with Crippen LogP contribution in [0.15, 0.2) is 22.8 Å². The molecule has 39 heavy (non-hydrogen) atoms. The molecule has 3 aromatic heterocycles. The van der Waals surface area contributed by atoms with Gasteiger partial charge in [-0.1, -0.05) is 0 Å². The summed E-state index contributed by atoms with van der Waals surface area (Å²) in [6, 6.07) is 3.11. The highest BCUT2D eigenvalue weighted by atomic mass is 19.4. The molecule has 6 rings (SSSR count). The van der Waals surface area contributed by atoms with Crippen molar-refractivity contribution in [3.8, 4) is 11.6 Å². The summed E-state index contributed by atoms with van der Waals surface area (Å²) in [5, 5.41) is 4.33. The van der Waals surface area contributed by atoms with Crippen molar-refractivity contribution in [3.63, 3.8) is 0 Å². The van der Waals surface area contributed by atoms with Gasteiger partial charge in [0.25, 0.3) is 5.78 Å². The molecule has 0 spiro atoms. The first-order valence-corrected chi connectivity index (χ1v) is 13.5. The van der Waals surface area contributed by atoms with Gasteiger partial charge in [0.2, 0.25) is 23.6 Å². The second-order valence-electron chi connectivity index (χ2n) is 10.7. The molecule has 0 unspecified atom stereocenters. The van der Waals surface area contributed by atoms with E-state index in [1.807, 2.05) is 9.80 Å². The summed E-state index contributed by atoms with van der Waals surface area (Å²) < 4.78 is 45.6. The zero-order valence-corrected chi connectivity index (χ0v) is 21.6. The molecule has 0 bridgehead atoms. The average Bonchev–Trinajstić information content (AvgIpc) is 3.69. The second-order valence-corrected chi connectivity index (χ2v) is 10.7. The van der Waals surface area contributed by atoms with E-state index in [0.29, 0.717) is 62.6 Å². The molecule has 3 saturated heterocycles. The fraction of sp³-hybridized carbons (Fsp3) is 0.640. The first-order valence-electron chi connectivity index (χ1n) is 13.5. The van der Waals surface area contributed by atoms with Crippen molar-refractivity contribution in [2.24, 2.45) is 11.8 Å². The summed E-state index contributed by atoms with van der Waals surface area (Å²) in [5.74, 6) is 0.858. The van der Waals surface area contributed by atoms with E-state index in [1.165, 1.54) is 10.8 Å². The van der Waals surface area contributed by atoms with Crippen molar-refractivity contribution >= 4 is 23.6 Å². The Labute approximate surface area is 223 Å². The van der Waals surface area contributed by atoms with Crippen molar-refractivity contribution in [1.82, 2.24) is 34.4 Å². The number of fused-ring (bicyclic) bond motifs is 1. The monoisotopic (exact) mass is 547 g/mol. The fourth-order valence-corrected chi connectivity index (χ4v) is 6.05. The molecule has 14 heteroatoms. The van der Waals surface area contributed by atoms with Gasteiger partial charge < -0.3 is 24.9 Å². The number of amides is 1. The van der Waals surface area contributed by atoms with Gasteiger partial charge in [0, 0.05) is 26.2 Å². The number of likely N-dealkylation sites (tertiary alicyclic amines) is 2. The number of carbonyl (C=O) groups is 1. The Morgan fingerprint density at radius 2 is 1.79 bits per heavy atom. The predicted molar refractivity (Wildman–Crippen MR) is 136 cm³/mol. The van der Waals surface area contributed by atoms with Crippen LogP contribution in [0.4, 0.5) is 25.1 Å². The standard InChI is InChI=1S/C25H32F3N9O2/c26-25(27,28)17-7-10-34(11-8-17)15-16-5-12-35(13-6-16)21(38)18-3-1-9-36(18)23-31-22(29)37-24(32-23)30-20(33-37)19-4-2-14-39-19/h2,4,14,16-18H,1,3,5-13,15H2,(H2,29,30,31,32,33)/t18-/m0/s1. The molecule has 2 N–H and O–H groups in total. The summed E-state index contributed by atoms with van der Waals surface area (Å²) in [6.07, 6.45) is 1.03. The molecule has 1 atom stereocenters. The van der Waals surface area contributed by atoms with Crippen LogP contribution in [0.1, 0.15) is 38.5 Å². The summed E-state index contributed by atoms with van der Waals surface area (Å²) in [6.45, 7) is 3.70. The highest BCUT2D eigenvalue weighted by molar-refractivity contribution is 5.85. The summed E-state index contributed by atoms with van der Waals surface area (Å²) in [7, 11) is 0. The third kappa shape index (κ3) is 5.25. The lowest BCUT2D eigenvalue weighted by molar-refractivity contribution is -0.185. The van der Waals surface area contributed by atoms with Gasteiger partial charge in [-0.2, -0.15) is 32.6 Å². The lowest BCUT2D eigenvalue weighted by atomic mass is 9.92. The highest BCUT2D eigenvalue weighted by Crippen LogP contribution is 2.35. The van der Waals surface area contributed by atoms with E-state index in [-0.39, 0.29) is 36.5 Å². The summed E-state index contributed by atoms with van der Waals surface area (Å²) in [4.78, 5) is 32.9. The van der Waals surface area contributed by atoms with Crippen LogP contribution >= 0.6 is 0 Å². The summed E-state index contributed by atoms with van der Waals surface area (Å²) in [5.41, 5.74) is 6.17. The lowest BCUT2D eigenvalue weighted by Crippen LogP contribution is -2.50. The lowest BCUT2D eigenvalue weighted by Gasteiger charge is -2.39. The van der Waals surface area contributed by atoms with Crippen molar-refractivity contribution in [1.29, 1.82) is 0 Å². The molecule has 0 saturated carbocycles. The van der Waals surface area contributed by atoms with Crippen molar-refractivity contribution in [2.45, 2.75) is 50.7 Å². The molecule has 0 aliphatic carbocycles. The zero-order chi connectivity index (χ0) is 27.1. The van der Waals surface area contributed by atoms with Crippen LogP contribution in [-0.2, 0) is 4.79 Å². The minimum atomic E-state index is -4.09. The third-order valence-electron chi connectivity index (χ3n) is 8.25. The van der Waals surface area contributed by atoms with Crippen LogP contribution in [0.25, 0.3) is 17.4 Å². The Morgan fingerprint density at radius 1 is 1.03 bits per heavy atom. The quantitative estimate of drug-likeness (QED) is 0.514. The molecule has 6 heterocycles. The number of nitrogens with two attached hydrogens (primary N) is 1. The molecule has 3 fully saturated rings. The number of anilines is 2. The first kappa shape index (κ1) is 25.8. The Bertz CT molecular complexity index is 1300. The first-order chi connectivity index (χ1) is 18.8. The molecular weight excluding hydrogens is 515 g/mol. The molecule has 210 valence electrons. The van der Waals surface area contributed by atoms with Crippen LogP contribution in [0.3, 0.4) is 0 Å². The number of alkyl halides is 3. The van der Waals surface area contributed by atoms with Gasteiger partial charge in [-0.05, 0) is 69.7 Å². The number of hydrogen-bond acceptors (Lipinski definition) is 9. The minimum Gasteiger partial charge on any atom is -0.461 e. The number of aromatic nitrogens is 5. The number of furan rings is 1. The van der Waals surface area contributed by atoms with Crippen molar-refractivity contribution in [3.05, 3.63) is 18.4 Å². The van der Waals surface area contributed by atoms with Crippen LogP contribution < -0.4 is 10.6 Å². The van der Waals surface area contributed by atoms with Crippen molar-refractivity contribution in [2.75, 3.05) is 49.9 Å². The number of halogens is 3. The number of nitrogen functional groups attached to an aromatic ring is 1. The third-order valence-corrected chi connectivity index (χ3v) is 8.25. The van der Waals surface area contributed by atoms with E-state index in [4.69, 9.17) is 10.2 Å². The maximum absolute atomic E-state index is 13.6. The van der Waals surface area contributed by atoms with Gasteiger partial charge >= 0.3 is 6.18 Å². The molecule has 0 aromatic carbocycles. The number of piperidine rings is 2. The predicted octanol–water partition coefficient (Wildman–Crippen LogP) is 2.84. The molecule has 0 radical (unpaired) electrons. The topological polar surface area (TPSA) is 122 Å². The second kappa shape index (κ2) is 10.3. The molecule has 1 amide bonds. The van der Waals surface area contributed by atoms with Gasteiger partial charge in [0.15, 0.2) is 5.76 Å². The number of rotatable bonds is 5. The SMILES string of the molecule is Nc1nc(N2CCC[C@H]2C(=O)N2CCC(CN3CCC(C(F)(F)F)CC3)CC2)nc2nc(-c3ccco3)nn12. The Morgan fingerprint density at radius 3 is 2.49 bits per heavy atom. The molecule has 3 aromatic rings. The maximum Gasteiger partial charge on any atom is 0.391 e. The fourth-order valence-electron chi connectivity index (χ4n) is 6.05. The van der Waals surface area contributed by atoms with Crippen LogP contribution in [0.2, 0.25) is 0 Å². The molecule has 3 aliphatic rings. The Balaban J connectivity index is 1.07. The number of nitrogens with zero attached hydrogens (tertiary/aromatic N) is 8. The normalized spacial score (nSPS) is 22.3. The number of carbonyl (C=O) groups excluding carboxylic acids is 1. The van der Waals surface area contributed by atoms with E-state index in [9.17, 15) is 18.0 Å². The van der Waals surface area contributed by atoms with E-state index < -0.39 is 12.1 Å². The maximum atomic E-state index is 13.6. The summed E-state index contributed by atoms with van der Waals surface area (Å²) >= 11 is 0. The number of hydrogen-bond donors (Lipinski definition) is 1. The van der Waals surface area contributed by atoms with Crippen molar-refractivity contribution < 1.29 is 22.4 Å². The molecular formula is C25H32F3N9O2. The van der Waals surface area contributed by atoms with E-state index in [2.05, 4.69) is 25.0 Å². The average molecular weight is 548 g/mol. The van der Waals surface area contributed by atoms with Gasteiger partial charge in [-0.15, -0.1) is 5.10 Å². The van der Waals surface area contributed by atoms with Gasteiger partial charge in [-0.3, -0.25) is 4.79 Å². The molecule has 3 aliphatic heterocycles. The zero-order valence-electron chi connectivity index (χ0n) is 21.6. The van der Waals surface area contributed by atoms with Gasteiger partial charge in [0.1, 0.15) is 6.04 Å². The van der Waals surface area contributed by atoms with Gasteiger partial charge in [-0.25, -0.2) is 0 Å². The smallest absolute Gasteiger partial charge is 0.391 e. The largest absolute Gasteiger partial charge is 0.461 e. The van der Waals surface area contributed by atoms with Crippen LogP contribution in [-0.4, -0.2) is 91.8 Å². The highest BCUT2D eigenvalue weighted by Gasteiger charge is 2.42. The van der Waals surface area contributed by atoms with Gasteiger partial charge in [0.05, 0.1) is 12.2 Å². The minimum absolute atomic E-state index is 0.0525. The van der Waals surface area contributed by atoms with E-state index in [0.717, 1.165) is 25.8 Å². The van der Waals surface area contributed by atoms with Crippen LogP contribution in [0, 0.1) is 11.8 Å². The van der Waals surface area contributed by atoms with E-state index >= 15 is 0 Å².